The number of carbonyl (C=O) groups excluding carboxylic acids is 2. The van der Waals surface area contributed by atoms with E-state index in [1.165, 1.54) is 4.90 Å². The molecule has 1 atom stereocenters. The fourth-order valence-corrected chi connectivity index (χ4v) is 4.42. The molecule has 0 spiro atoms. The number of aromatic nitrogens is 1. The van der Waals surface area contributed by atoms with Crippen molar-refractivity contribution >= 4 is 17.4 Å². The maximum Gasteiger partial charge on any atom is 0.296 e. The Morgan fingerprint density at radius 2 is 1.94 bits per heavy atom. The number of pyridine rings is 1. The molecule has 3 aromatic rings. The van der Waals surface area contributed by atoms with Crippen molar-refractivity contribution in [2.24, 2.45) is 0 Å². The van der Waals surface area contributed by atoms with Gasteiger partial charge in [-0.1, -0.05) is 30.3 Å². The van der Waals surface area contributed by atoms with Gasteiger partial charge in [-0.2, -0.15) is 0 Å². The summed E-state index contributed by atoms with van der Waals surface area (Å²) in [5, 5.41) is 11.3. The Hall–Kier alpha value is -3.93. The summed E-state index contributed by atoms with van der Waals surface area (Å²) < 4.78 is 5.55. The number of nitrogens with zero attached hydrogens (tertiary/aromatic N) is 2. The number of Topliss-reactive ketones (excluding diaryl/α,β-unsaturated/α-hetero) is 1. The minimum atomic E-state index is -0.706. The second kappa shape index (κ2) is 7.96. The van der Waals surface area contributed by atoms with Crippen LogP contribution in [0.5, 0.6) is 5.75 Å². The largest absolute Gasteiger partial charge is 0.507 e. The van der Waals surface area contributed by atoms with Crippen LogP contribution >= 0.6 is 0 Å². The van der Waals surface area contributed by atoms with Crippen molar-refractivity contribution in [1.82, 2.24) is 9.88 Å². The van der Waals surface area contributed by atoms with Crippen LogP contribution in [-0.2, 0) is 22.6 Å². The highest BCUT2D eigenvalue weighted by atomic mass is 16.5. The molecule has 3 heterocycles. The molecule has 32 heavy (non-hydrogen) atoms. The highest BCUT2D eigenvalue weighted by molar-refractivity contribution is 6.46. The lowest BCUT2D eigenvalue weighted by atomic mass is 9.92. The summed E-state index contributed by atoms with van der Waals surface area (Å²) in [5.41, 5.74) is 3.97. The molecule has 0 bridgehead atoms. The Kier molecular flexibility index (Phi) is 4.98. The van der Waals surface area contributed by atoms with Crippen LogP contribution in [0.25, 0.3) is 5.76 Å². The molecule has 2 aliphatic rings. The summed E-state index contributed by atoms with van der Waals surface area (Å²) in [6, 6.07) is 17.7. The van der Waals surface area contributed by atoms with Gasteiger partial charge in [-0.05, 0) is 53.9 Å². The van der Waals surface area contributed by atoms with Crippen LogP contribution in [0.4, 0.5) is 0 Å². The van der Waals surface area contributed by atoms with E-state index < -0.39 is 17.7 Å². The second-order valence-corrected chi connectivity index (χ2v) is 8.03. The van der Waals surface area contributed by atoms with Gasteiger partial charge in [0.15, 0.2) is 0 Å². The van der Waals surface area contributed by atoms with Crippen molar-refractivity contribution in [1.29, 1.82) is 0 Å². The topological polar surface area (TPSA) is 79.7 Å². The van der Waals surface area contributed by atoms with Crippen molar-refractivity contribution in [3.63, 3.8) is 0 Å². The summed E-state index contributed by atoms with van der Waals surface area (Å²) in [6.45, 7) is 2.69. The number of aliphatic hydroxyl groups excluding tert-OH is 1. The Labute approximate surface area is 185 Å². The first-order chi connectivity index (χ1) is 15.5. The zero-order valence-electron chi connectivity index (χ0n) is 17.6. The lowest BCUT2D eigenvalue weighted by Gasteiger charge is -2.26. The monoisotopic (exact) mass is 426 g/mol. The smallest absolute Gasteiger partial charge is 0.296 e. The van der Waals surface area contributed by atoms with E-state index in [0.29, 0.717) is 17.9 Å². The predicted octanol–water partition coefficient (Wildman–Crippen LogP) is 3.95. The van der Waals surface area contributed by atoms with E-state index in [-0.39, 0.29) is 17.9 Å². The standard InChI is InChI=1S/C26H22N2O4/c1-16-6-2-3-8-20(16)23-22(24(29)18-9-10-21-17(14-18)11-13-32-21)25(30)26(31)28(23)15-19-7-4-5-12-27-19/h2-10,12,14,23,29H,11,13,15H2,1H3/b24-22+. The number of hydrogen-bond acceptors (Lipinski definition) is 5. The minimum Gasteiger partial charge on any atom is -0.507 e. The van der Waals surface area contributed by atoms with Gasteiger partial charge in [0.25, 0.3) is 11.7 Å². The van der Waals surface area contributed by atoms with Crippen LogP contribution in [0, 0.1) is 6.92 Å². The van der Waals surface area contributed by atoms with Crippen molar-refractivity contribution in [3.05, 3.63) is 100 Å². The number of aryl methyl sites for hydroxylation is 1. The maximum absolute atomic E-state index is 13.2. The van der Waals surface area contributed by atoms with E-state index in [1.807, 2.05) is 49.4 Å². The van der Waals surface area contributed by atoms with Crippen molar-refractivity contribution in [2.75, 3.05) is 6.61 Å². The third-order valence-electron chi connectivity index (χ3n) is 6.04. The molecule has 0 aliphatic carbocycles. The average Bonchev–Trinajstić information content (AvgIpc) is 3.38. The molecule has 1 saturated heterocycles. The van der Waals surface area contributed by atoms with Crippen LogP contribution in [0.1, 0.15) is 34.0 Å². The van der Waals surface area contributed by atoms with E-state index in [0.717, 1.165) is 28.9 Å². The van der Waals surface area contributed by atoms with Gasteiger partial charge in [0.1, 0.15) is 11.5 Å². The molecule has 1 amide bonds. The first kappa shape index (κ1) is 20.0. The fourth-order valence-electron chi connectivity index (χ4n) is 4.42. The number of ether oxygens (including phenoxy) is 1. The average molecular weight is 426 g/mol. The zero-order valence-corrected chi connectivity index (χ0v) is 17.6. The van der Waals surface area contributed by atoms with Gasteiger partial charge in [0, 0.05) is 18.2 Å². The van der Waals surface area contributed by atoms with Gasteiger partial charge in [-0.15, -0.1) is 0 Å². The molecule has 6 nitrogen and oxygen atoms in total. The molecule has 1 unspecified atom stereocenters. The van der Waals surface area contributed by atoms with Crippen LogP contribution < -0.4 is 4.74 Å². The Balaban J connectivity index is 1.66. The first-order valence-corrected chi connectivity index (χ1v) is 10.5. The number of carbonyl (C=O) groups is 2. The predicted molar refractivity (Wildman–Crippen MR) is 119 cm³/mol. The molecule has 1 N–H and O–H groups in total. The van der Waals surface area contributed by atoms with Gasteiger partial charge < -0.3 is 14.7 Å². The van der Waals surface area contributed by atoms with E-state index in [2.05, 4.69) is 4.98 Å². The SMILES string of the molecule is Cc1ccccc1C1/C(=C(\O)c2ccc3c(c2)CCO3)C(=O)C(=O)N1Cc1ccccn1. The van der Waals surface area contributed by atoms with Crippen molar-refractivity contribution in [2.45, 2.75) is 25.9 Å². The number of amides is 1. The first-order valence-electron chi connectivity index (χ1n) is 10.5. The fraction of sp³-hybridized carbons (Fsp3) is 0.192. The van der Waals surface area contributed by atoms with Crippen LogP contribution in [0.2, 0.25) is 0 Å². The Bertz CT molecular complexity index is 1250. The molecule has 1 fully saturated rings. The molecule has 5 rings (SSSR count). The van der Waals surface area contributed by atoms with Gasteiger partial charge in [0.05, 0.1) is 30.5 Å². The minimum absolute atomic E-state index is 0.0964. The number of fused-ring (bicyclic) bond motifs is 1. The van der Waals surface area contributed by atoms with Crippen molar-refractivity contribution < 1.29 is 19.4 Å². The second-order valence-electron chi connectivity index (χ2n) is 8.03. The van der Waals surface area contributed by atoms with Crippen molar-refractivity contribution in [3.8, 4) is 5.75 Å². The lowest BCUT2D eigenvalue weighted by Crippen LogP contribution is -2.29. The number of ketones is 1. The maximum atomic E-state index is 13.2. The molecular formula is C26H22N2O4. The zero-order chi connectivity index (χ0) is 22.2. The summed E-state index contributed by atoms with van der Waals surface area (Å²) in [7, 11) is 0. The normalized spacial score (nSPS) is 19.2. The third kappa shape index (κ3) is 3.34. The number of likely N-dealkylation sites (tertiary alicyclic amines) is 1. The molecule has 160 valence electrons. The molecule has 1 aromatic heterocycles. The summed E-state index contributed by atoms with van der Waals surface area (Å²) in [5.74, 6) is -0.721. The molecule has 0 radical (unpaired) electrons. The van der Waals surface area contributed by atoms with Crippen LogP contribution in [0.15, 0.2) is 72.4 Å². The molecule has 6 heteroatoms. The van der Waals surface area contributed by atoms with E-state index in [9.17, 15) is 14.7 Å². The molecule has 2 aromatic carbocycles. The number of rotatable bonds is 4. The quantitative estimate of drug-likeness (QED) is 0.388. The van der Waals surface area contributed by atoms with Gasteiger partial charge in [-0.25, -0.2) is 0 Å². The van der Waals surface area contributed by atoms with E-state index in [4.69, 9.17) is 4.74 Å². The van der Waals surface area contributed by atoms with E-state index >= 15 is 0 Å². The van der Waals surface area contributed by atoms with Gasteiger partial charge >= 0.3 is 0 Å². The van der Waals surface area contributed by atoms with Crippen LogP contribution in [-0.4, -0.2) is 33.3 Å². The van der Waals surface area contributed by atoms with E-state index in [1.54, 1.807) is 24.4 Å². The highest BCUT2D eigenvalue weighted by Crippen LogP contribution is 2.41. The summed E-state index contributed by atoms with van der Waals surface area (Å²) >= 11 is 0. The van der Waals surface area contributed by atoms with Gasteiger partial charge in [0.2, 0.25) is 0 Å². The summed E-state index contributed by atoms with van der Waals surface area (Å²) in [4.78, 5) is 32.1. The Morgan fingerprint density at radius 1 is 1.12 bits per heavy atom. The molecule has 2 aliphatic heterocycles. The number of hydrogen-bond donors (Lipinski definition) is 1. The Morgan fingerprint density at radius 3 is 2.72 bits per heavy atom. The third-order valence-corrected chi connectivity index (χ3v) is 6.04. The lowest BCUT2D eigenvalue weighted by molar-refractivity contribution is -0.140. The van der Waals surface area contributed by atoms with Gasteiger partial charge in [-0.3, -0.25) is 14.6 Å². The number of benzene rings is 2. The molecular weight excluding hydrogens is 404 g/mol. The highest BCUT2D eigenvalue weighted by Gasteiger charge is 2.46. The molecule has 0 saturated carbocycles. The van der Waals surface area contributed by atoms with Crippen LogP contribution in [0.3, 0.4) is 0 Å². The summed E-state index contributed by atoms with van der Waals surface area (Å²) in [6.07, 6.45) is 2.40. The number of aliphatic hydroxyl groups is 1.